The Kier molecular flexibility index (Phi) is 5.99. The van der Waals surface area contributed by atoms with Gasteiger partial charge in [-0.3, -0.25) is 14.9 Å². The van der Waals surface area contributed by atoms with Gasteiger partial charge in [0, 0.05) is 41.4 Å². The Morgan fingerprint density at radius 3 is 3.17 bits per heavy atom. The average Bonchev–Trinajstić information content (AvgIpc) is 3.24. The first-order valence-corrected chi connectivity index (χ1v) is 10.2. The number of carbonyl (C=O) groups excluding carboxylic acids is 1. The van der Waals surface area contributed by atoms with Crippen LogP contribution < -0.4 is 5.32 Å². The number of aromatic nitrogens is 3. The minimum Gasteiger partial charge on any atom is -0.309 e. The molecule has 1 fully saturated rings. The third-order valence-electron chi connectivity index (χ3n) is 3.73. The van der Waals surface area contributed by atoms with Crippen molar-refractivity contribution in [3.05, 3.63) is 30.6 Å². The molecule has 3 rings (SSSR count). The normalized spacial score (nSPS) is 17.3. The molecule has 7 heteroatoms. The number of hydrogen-bond acceptors (Lipinski definition) is 5. The van der Waals surface area contributed by atoms with E-state index >= 15 is 0 Å². The lowest BCUT2D eigenvalue weighted by Gasteiger charge is -2.06. The highest BCUT2D eigenvalue weighted by Gasteiger charge is 2.16. The molecule has 23 heavy (non-hydrogen) atoms. The van der Waals surface area contributed by atoms with Crippen molar-refractivity contribution in [3.8, 4) is 11.3 Å². The second-order valence-corrected chi connectivity index (χ2v) is 8.32. The summed E-state index contributed by atoms with van der Waals surface area (Å²) in [6.45, 7) is 0. The summed E-state index contributed by atoms with van der Waals surface area (Å²) in [4.78, 5) is 16.0. The molecule has 1 amide bonds. The van der Waals surface area contributed by atoms with Gasteiger partial charge < -0.3 is 5.32 Å². The summed E-state index contributed by atoms with van der Waals surface area (Å²) in [5, 5.41) is 10.7. The van der Waals surface area contributed by atoms with Gasteiger partial charge in [0.05, 0.1) is 5.69 Å². The van der Waals surface area contributed by atoms with E-state index in [0.717, 1.165) is 29.3 Å². The number of pyridine rings is 1. The Morgan fingerprint density at radius 1 is 1.43 bits per heavy atom. The quantitative estimate of drug-likeness (QED) is 0.582. The molecule has 3 heterocycles. The highest BCUT2D eigenvalue weighted by Crippen LogP contribution is 2.39. The number of H-pyrrole nitrogens is 1. The fourth-order valence-corrected chi connectivity index (χ4v) is 5.51. The van der Waals surface area contributed by atoms with Gasteiger partial charge in [-0.2, -0.15) is 5.10 Å². The molecule has 0 bridgehead atoms. The van der Waals surface area contributed by atoms with E-state index in [1.165, 1.54) is 18.6 Å². The standard InChI is InChI=1S/C16H20N4OS2/c21-16(6-2-1-5-13-7-9-22-23-13)18-15-10-14(19-20-15)12-4-3-8-17-11-12/h3-4,8,10-11,13H,1-2,5-7,9H2,(H2,18,19,20,21). The zero-order valence-electron chi connectivity index (χ0n) is 12.8. The Morgan fingerprint density at radius 2 is 2.39 bits per heavy atom. The Bertz CT molecular complexity index is 626. The molecule has 0 radical (unpaired) electrons. The predicted octanol–water partition coefficient (Wildman–Crippen LogP) is 4.12. The van der Waals surface area contributed by atoms with Gasteiger partial charge in [-0.15, -0.1) is 0 Å². The van der Waals surface area contributed by atoms with Crippen LogP contribution in [0, 0.1) is 0 Å². The molecule has 1 aliphatic heterocycles. The highest BCUT2D eigenvalue weighted by atomic mass is 33.1. The maximum atomic E-state index is 12.0. The molecule has 0 aromatic carbocycles. The molecule has 1 atom stereocenters. The third-order valence-corrected chi connectivity index (χ3v) is 6.73. The van der Waals surface area contributed by atoms with E-state index in [4.69, 9.17) is 0 Å². The summed E-state index contributed by atoms with van der Waals surface area (Å²) in [6.07, 6.45) is 8.63. The van der Waals surface area contributed by atoms with Crippen molar-refractivity contribution in [3.63, 3.8) is 0 Å². The lowest BCUT2D eigenvalue weighted by Crippen LogP contribution is -2.11. The van der Waals surface area contributed by atoms with Crippen molar-refractivity contribution < 1.29 is 4.79 Å². The van der Waals surface area contributed by atoms with Gasteiger partial charge in [0.1, 0.15) is 0 Å². The van der Waals surface area contributed by atoms with Gasteiger partial charge in [-0.25, -0.2) is 0 Å². The minimum absolute atomic E-state index is 0.0303. The summed E-state index contributed by atoms with van der Waals surface area (Å²) < 4.78 is 0. The van der Waals surface area contributed by atoms with E-state index in [1.807, 2.05) is 39.8 Å². The van der Waals surface area contributed by atoms with E-state index in [2.05, 4.69) is 20.5 Å². The molecule has 2 aromatic heterocycles. The summed E-state index contributed by atoms with van der Waals surface area (Å²) >= 11 is 0. The smallest absolute Gasteiger partial charge is 0.225 e. The van der Waals surface area contributed by atoms with Gasteiger partial charge in [-0.05, 0) is 31.4 Å². The largest absolute Gasteiger partial charge is 0.309 e. The number of amides is 1. The fraction of sp³-hybridized carbons (Fsp3) is 0.438. The lowest BCUT2D eigenvalue weighted by atomic mass is 10.1. The Balaban J connectivity index is 1.40. The van der Waals surface area contributed by atoms with Gasteiger partial charge in [0.2, 0.25) is 5.91 Å². The van der Waals surface area contributed by atoms with Crippen LogP contribution in [0.15, 0.2) is 30.6 Å². The summed E-state index contributed by atoms with van der Waals surface area (Å²) in [5.74, 6) is 1.87. The number of nitrogens with one attached hydrogen (secondary N) is 2. The molecule has 1 aliphatic rings. The van der Waals surface area contributed by atoms with Crippen molar-refractivity contribution in [1.29, 1.82) is 0 Å². The van der Waals surface area contributed by atoms with Crippen LogP contribution in [-0.4, -0.2) is 32.1 Å². The van der Waals surface area contributed by atoms with Crippen LogP contribution in [-0.2, 0) is 4.79 Å². The van der Waals surface area contributed by atoms with Gasteiger partial charge in [0.25, 0.3) is 0 Å². The predicted molar refractivity (Wildman–Crippen MR) is 97.4 cm³/mol. The van der Waals surface area contributed by atoms with E-state index in [1.54, 1.807) is 12.4 Å². The number of nitrogens with zero attached hydrogens (tertiary/aromatic N) is 2. The zero-order chi connectivity index (χ0) is 15.9. The van der Waals surface area contributed by atoms with Crippen LogP contribution in [0.2, 0.25) is 0 Å². The monoisotopic (exact) mass is 348 g/mol. The van der Waals surface area contributed by atoms with Crippen molar-refractivity contribution in [2.75, 3.05) is 11.1 Å². The van der Waals surface area contributed by atoms with Crippen molar-refractivity contribution >= 4 is 33.3 Å². The first-order valence-electron chi connectivity index (χ1n) is 7.85. The molecule has 122 valence electrons. The summed E-state index contributed by atoms with van der Waals surface area (Å²) in [5.41, 5.74) is 1.80. The second kappa shape index (κ2) is 8.40. The molecule has 0 aliphatic carbocycles. The van der Waals surface area contributed by atoms with Crippen LogP contribution in [0.5, 0.6) is 0 Å². The Hall–Kier alpha value is -1.47. The molecule has 1 saturated heterocycles. The van der Waals surface area contributed by atoms with Crippen molar-refractivity contribution in [1.82, 2.24) is 15.2 Å². The second-order valence-electron chi connectivity index (χ2n) is 5.53. The van der Waals surface area contributed by atoms with Crippen molar-refractivity contribution in [2.24, 2.45) is 0 Å². The van der Waals surface area contributed by atoms with E-state index < -0.39 is 0 Å². The van der Waals surface area contributed by atoms with Crippen LogP contribution in [0.3, 0.4) is 0 Å². The molecule has 0 spiro atoms. The van der Waals surface area contributed by atoms with Gasteiger partial charge in [-0.1, -0.05) is 28.0 Å². The van der Waals surface area contributed by atoms with E-state index in [9.17, 15) is 4.79 Å². The average molecular weight is 348 g/mol. The molecular weight excluding hydrogens is 328 g/mol. The molecule has 1 unspecified atom stereocenters. The van der Waals surface area contributed by atoms with Crippen LogP contribution in [0.25, 0.3) is 11.3 Å². The maximum absolute atomic E-state index is 12.0. The number of anilines is 1. The number of rotatable bonds is 7. The molecule has 2 aromatic rings. The van der Waals surface area contributed by atoms with E-state index in [-0.39, 0.29) is 5.91 Å². The SMILES string of the molecule is O=C(CCCCC1CCSS1)Nc1cc(-c2cccnc2)[nH]n1. The van der Waals surface area contributed by atoms with Crippen LogP contribution in [0.4, 0.5) is 5.82 Å². The number of hydrogen-bond donors (Lipinski definition) is 2. The third kappa shape index (κ3) is 5.00. The summed E-state index contributed by atoms with van der Waals surface area (Å²) in [7, 11) is 3.97. The first-order chi connectivity index (χ1) is 11.3. The molecular formula is C16H20N4OS2. The molecule has 2 N–H and O–H groups in total. The maximum Gasteiger partial charge on any atom is 0.225 e. The van der Waals surface area contributed by atoms with Crippen LogP contribution in [0.1, 0.15) is 32.1 Å². The lowest BCUT2D eigenvalue weighted by molar-refractivity contribution is -0.116. The van der Waals surface area contributed by atoms with Crippen LogP contribution >= 0.6 is 21.6 Å². The molecule has 0 saturated carbocycles. The Labute approximate surface area is 143 Å². The van der Waals surface area contributed by atoms with Gasteiger partial charge >= 0.3 is 0 Å². The number of aromatic amines is 1. The first kappa shape index (κ1) is 16.4. The molecule has 5 nitrogen and oxygen atoms in total. The fourth-order valence-electron chi connectivity index (χ4n) is 2.48. The van der Waals surface area contributed by atoms with Gasteiger partial charge in [0.15, 0.2) is 5.82 Å². The zero-order valence-corrected chi connectivity index (χ0v) is 14.5. The number of unbranched alkanes of at least 4 members (excludes halogenated alkanes) is 1. The van der Waals surface area contributed by atoms with Crippen molar-refractivity contribution in [2.45, 2.75) is 37.4 Å². The topological polar surface area (TPSA) is 70.7 Å². The highest BCUT2D eigenvalue weighted by molar-refractivity contribution is 8.77. The van der Waals surface area contributed by atoms with E-state index in [0.29, 0.717) is 12.2 Å². The number of carbonyl (C=O) groups is 1. The summed E-state index contributed by atoms with van der Waals surface area (Å²) in [6, 6.07) is 5.66. The minimum atomic E-state index is 0.0303.